The number of carbonyl (C=O) groups excluding carboxylic acids is 1. The molecule has 0 aliphatic rings. The standard InChI is InChI=1S/C37H42O7/c1-7-12-26-18-29(36(42-6)34(20-26)40-4)30-19-27(13-8-2)21-35(41-5)37(30)44-24-31(38)28-16-17-32(33(22-28)39-3)43-23-25-14-10-9-11-15-25/h9-11,14-22H,7-8,12-13,23-24H2,1-6H3. The molecule has 0 radical (unpaired) electrons. The van der Waals surface area contributed by atoms with Crippen molar-refractivity contribution in [3.63, 3.8) is 0 Å². The molecule has 0 aliphatic carbocycles. The maximum absolute atomic E-state index is 13.4. The second-order valence-electron chi connectivity index (χ2n) is 10.4. The van der Waals surface area contributed by atoms with Crippen LogP contribution in [0.2, 0.25) is 0 Å². The summed E-state index contributed by atoms with van der Waals surface area (Å²) in [5.74, 6) is 3.04. The van der Waals surface area contributed by atoms with Crippen molar-refractivity contribution in [2.45, 2.75) is 46.1 Å². The SMILES string of the molecule is CCCc1cc(OC)c(OC)c(-c2cc(CCC)cc(OC)c2OCC(=O)c2ccc(OCc3ccccc3)c(OC)c2)c1. The van der Waals surface area contributed by atoms with Crippen molar-refractivity contribution in [3.05, 3.63) is 95.1 Å². The van der Waals surface area contributed by atoms with Crippen LogP contribution in [0.4, 0.5) is 0 Å². The molecule has 0 aliphatic heterocycles. The Morgan fingerprint density at radius 1 is 0.568 bits per heavy atom. The molecule has 0 N–H and O–H groups in total. The average molecular weight is 599 g/mol. The number of Topliss-reactive ketones (excluding diaryl/α,β-unsaturated/α-hetero) is 1. The summed E-state index contributed by atoms with van der Waals surface area (Å²) in [4.78, 5) is 13.4. The largest absolute Gasteiger partial charge is 0.493 e. The summed E-state index contributed by atoms with van der Waals surface area (Å²) in [7, 11) is 6.42. The van der Waals surface area contributed by atoms with Crippen LogP contribution in [-0.4, -0.2) is 40.8 Å². The molecule has 0 unspecified atom stereocenters. The Kier molecular flexibility index (Phi) is 11.5. The fourth-order valence-electron chi connectivity index (χ4n) is 5.16. The van der Waals surface area contributed by atoms with Gasteiger partial charge in [0.15, 0.2) is 46.9 Å². The van der Waals surface area contributed by atoms with E-state index in [2.05, 4.69) is 26.0 Å². The Morgan fingerprint density at radius 2 is 1.16 bits per heavy atom. The Balaban J connectivity index is 1.67. The summed E-state index contributed by atoms with van der Waals surface area (Å²) in [6.07, 6.45) is 3.67. The molecular formula is C37H42O7. The lowest BCUT2D eigenvalue weighted by Gasteiger charge is -2.20. The van der Waals surface area contributed by atoms with Crippen molar-refractivity contribution in [2.24, 2.45) is 0 Å². The van der Waals surface area contributed by atoms with Crippen LogP contribution in [0.3, 0.4) is 0 Å². The van der Waals surface area contributed by atoms with Crippen LogP contribution in [0.5, 0.6) is 34.5 Å². The molecule has 7 nitrogen and oxygen atoms in total. The zero-order chi connectivity index (χ0) is 31.5. The van der Waals surface area contributed by atoms with E-state index in [9.17, 15) is 4.79 Å². The van der Waals surface area contributed by atoms with Crippen LogP contribution >= 0.6 is 0 Å². The maximum atomic E-state index is 13.4. The van der Waals surface area contributed by atoms with Gasteiger partial charge in [0, 0.05) is 16.7 Å². The lowest BCUT2D eigenvalue weighted by molar-refractivity contribution is 0.0919. The first-order chi connectivity index (χ1) is 21.5. The summed E-state index contributed by atoms with van der Waals surface area (Å²) >= 11 is 0. The predicted octanol–water partition coefficient (Wildman–Crippen LogP) is 8.13. The van der Waals surface area contributed by atoms with Crippen molar-refractivity contribution in [3.8, 4) is 45.6 Å². The number of hydrogen-bond donors (Lipinski definition) is 0. The lowest BCUT2D eigenvalue weighted by atomic mass is 9.95. The number of ether oxygens (including phenoxy) is 6. The number of aryl methyl sites for hydroxylation is 2. The Hall–Kier alpha value is -4.65. The minimum atomic E-state index is -0.215. The molecule has 0 amide bonds. The number of hydrogen-bond acceptors (Lipinski definition) is 7. The molecule has 0 atom stereocenters. The smallest absolute Gasteiger partial charge is 0.200 e. The zero-order valence-electron chi connectivity index (χ0n) is 26.5. The summed E-state index contributed by atoms with van der Waals surface area (Å²) in [6, 6.07) is 23.2. The first-order valence-corrected chi connectivity index (χ1v) is 14.9. The van der Waals surface area contributed by atoms with Gasteiger partial charge in [-0.05, 0) is 72.0 Å². The van der Waals surface area contributed by atoms with Crippen molar-refractivity contribution >= 4 is 5.78 Å². The van der Waals surface area contributed by atoms with Gasteiger partial charge in [0.25, 0.3) is 0 Å². The molecule has 0 saturated heterocycles. The highest BCUT2D eigenvalue weighted by molar-refractivity contribution is 5.98. The summed E-state index contributed by atoms with van der Waals surface area (Å²) in [6.45, 7) is 4.45. The van der Waals surface area contributed by atoms with Crippen LogP contribution in [-0.2, 0) is 19.4 Å². The van der Waals surface area contributed by atoms with Gasteiger partial charge in [-0.2, -0.15) is 0 Å². The third-order valence-corrected chi connectivity index (χ3v) is 7.31. The van der Waals surface area contributed by atoms with E-state index in [1.165, 1.54) is 0 Å². The lowest BCUT2D eigenvalue weighted by Crippen LogP contribution is -2.13. The molecule has 4 aromatic carbocycles. The van der Waals surface area contributed by atoms with Crippen molar-refractivity contribution < 1.29 is 33.2 Å². The average Bonchev–Trinajstić information content (AvgIpc) is 3.06. The minimum absolute atomic E-state index is 0.210. The molecule has 232 valence electrons. The minimum Gasteiger partial charge on any atom is -0.493 e. The van der Waals surface area contributed by atoms with Gasteiger partial charge in [-0.15, -0.1) is 0 Å². The molecular weight excluding hydrogens is 556 g/mol. The van der Waals surface area contributed by atoms with E-state index in [0.717, 1.165) is 53.5 Å². The molecule has 0 fully saturated rings. The number of carbonyl (C=O) groups is 1. The van der Waals surface area contributed by atoms with Crippen molar-refractivity contribution in [2.75, 3.05) is 35.0 Å². The summed E-state index contributed by atoms with van der Waals surface area (Å²) < 4.78 is 35.2. The van der Waals surface area contributed by atoms with Gasteiger partial charge in [0.2, 0.25) is 0 Å². The van der Waals surface area contributed by atoms with Crippen LogP contribution in [0.1, 0.15) is 53.7 Å². The van der Waals surface area contributed by atoms with Gasteiger partial charge < -0.3 is 28.4 Å². The third kappa shape index (κ3) is 7.64. The van der Waals surface area contributed by atoms with E-state index in [-0.39, 0.29) is 12.4 Å². The number of benzene rings is 4. The molecule has 0 heterocycles. The van der Waals surface area contributed by atoms with Crippen LogP contribution < -0.4 is 28.4 Å². The number of ketones is 1. The Labute approximate surface area is 260 Å². The summed E-state index contributed by atoms with van der Waals surface area (Å²) in [5.41, 5.74) is 5.28. The highest BCUT2D eigenvalue weighted by Crippen LogP contribution is 2.47. The first kappa shape index (κ1) is 32.3. The van der Waals surface area contributed by atoms with Crippen LogP contribution in [0, 0.1) is 0 Å². The van der Waals surface area contributed by atoms with E-state index in [0.29, 0.717) is 46.7 Å². The molecule has 7 heteroatoms. The highest BCUT2D eigenvalue weighted by Gasteiger charge is 2.23. The van der Waals surface area contributed by atoms with Crippen molar-refractivity contribution in [1.82, 2.24) is 0 Å². The van der Waals surface area contributed by atoms with E-state index in [1.54, 1.807) is 46.6 Å². The van der Waals surface area contributed by atoms with Crippen LogP contribution in [0.25, 0.3) is 11.1 Å². The van der Waals surface area contributed by atoms with E-state index >= 15 is 0 Å². The number of rotatable bonds is 16. The zero-order valence-corrected chi connectivity index (χ0v) is 26.5. The van der Waals surface area contributed by atoms with Gasteiger partial charge in [-0.25, -0.2) is 0 Å². The molecule has 44 heavy (non-hydrogen) atoms. The molecule has 4 rings (SSSR count). The fraction of sp³-hybridized carbons (Fsp3) is 0.324. The second kappa shape index (κ2) is 15.7. The molecule has 4 aromatic rings. The molecule has 0 spiro atoms. The van der Waals surface area contributed by atoms with Gasteiger partial charge in [0.1, 0.15) is 6.61 Å². The predicted molar refractivity (Wildman–Crippen MR) is 173 cm³/mol. The monoisotopic (exact) mass is 598 g/mol. The molecule has 0 bridgehead atoms. The maximum Gasteiger partial charge on any atom is 0.200 e. The van der Waals surface area contributed by atoms with Gasteiger partial charge in [-0.3, -0.25) is 4.79 Å². The third-order valence-electron chi connectivity index (χ3n) is 7.31. The summed E-state index contributed by atoms with van der Waals surface area (Å²) in [5, 5.41) is 0. The van der Waals surface area contributed by atoms with Gasteiger partial charge >= 0.3 is 0 Å². The van der Waals surface area contributed by atoms with E-state index in [4.69, 9.17) is 28.4 Å². The normalized spacial score (nSPS) is 10.7. The van der Waals surface area contributed by atoms with E-state index < -0.39 is 0 Å². The molecule has 0 saturated carbocycles. The quantitative estimate of drug-likeness (QED) is 0.121. The first-order valence-electron chi connectivity index (χ1n) is 14.9. The molecule has 0 aromatic heterocycles. The Bertz CT molecular complexity index is 1550. The van der Waals surface area contributed by atoms with Gasteiger partial charge in [-0.1, -0.05) is 57.0 Å². The van der Waals surface area contributed by atoms with E-state index in [1.807, 2.05) is 42.5 Å². The topological polar surface area (TPSA) is 72.5 Å². The van der Waals surface area contributed by atoms with Crippen LogP contribution in [0.15, 0.2) is 72.8 Å². The van der Waals surface area contributed by atoms with Gasteiger partial charge in [0.05, 0.1) is 28.4 Å². The second-order valence-corrected chi connectivity index (χ2v) is 10.4. The fourth-order valence-corrected chi connectivity index (χ4v) is 5.16. The number of methoxy groups -OCH3 is 4. The Morgan fingerprint density at radius 3 is 1.73 bits per heavy atom. The highest BCUT2D eigenvalue weighted by atomic mass is 16.5. The van der Waals surface area contributed by atoms with Crippen molar-refractivity contribution in [1.29, 1.82) is 0 Å².